The molecule has 0 bridgehead atoms. The van der Waals surface area contributed by atoms with Crippen molar-refractivity contribution in [2.75, 3.05) is 20.2 Å². The number of hydrogen-bond donors (Lipinski definition) is 1. The van der Waals surface area contributed by atoms with Crippen molar-refractivity contribution in [1.82, 2.24) is 9.80 Å². The van der Waals surface area contributed by atoms with E-state index in [0.717, 1.165) is 13.0 Å². The lowest BCUT2D eigenvalue weighted by atomic mass is 9.92. The Kier molecular flexibility index (Phi) is 4.55. The Morgan fingerprint density at radius 1 is 1.53 bits per heavy atom. The van der Waals surface area contributed by atoms with Crippen LogP contribution in [0.5, 0.6) is 0 Å². The van der Waals surface area contributed by atoms with E-state index in [0.29, 0.717) is 12.5 Å². The molecule has 1 saturated heterocycles. The Bertz CT molecular complexity index is 279. The highest BCUT2D eigenvalue weighted by molar-refractivity contribution is 5.83. The average Bonchev–Trinajstić information content (AvgIpc) is 2.29. The zero-order valence-electron chi connectivity index (χ0n) is 11.7. The molecule has 4 heteroatoms. The summed E-state index contributed by atoms with van der Waals surface area (Å²) in [5.41, 5.74) is -0.132. The van der Waals surface area contributed by atoms with E-state index >= 15 is 0 Å². The summed E-state index contributed by atoms with van der Waals surface area (Å²) in [6.07, 6.45) is 1.55. The van der Waals surface area contributed by atoms with Crippen molar-refractivity contribution in [1.29, 1.82) is 0 Å². The molecule has 1 rings (SSSR count). The molecule has 0 spiro atoms. The number of aliphatic hydroxyl groups excluding tert-OH is 1. The zero-order valence-corrected chi connectivity index (χ0v) is 11.7. The largest absolute Gasteiger partial charge is 0.396 e. The maximum atomic E-state index is 12.3. The number of rotatable bonds is 4. The monoisotopic (exact) mass is 242 g/mol. The van der Waals surface area contributed by atoms with Gasteiger partial charge in [-0.05, 0) is 33.6 Å². The molecule has 1 amide bonds. The lowest BCUT2D eigenvalue weighted by molar-refractivity contribution is -0.152. The Hall–Kier alpha value is -0.610. The average molecular weight is 242 g/mol. The summed E-state index contributed by atoms with van der Waals surface area (Å²) in [6.45, 7) is 9.41. The molecule has 1 aliphatic rings. The van der Waals surface area contributed by atoms with E-state index in [-0.39, 0.29) is 24.1 Å². The number of carbonyl (C=O) groups excluding carboxylic acids is 1. The molecule has 1 fully saturated rings. The van der Waals surface area contributed by atoms with Crippen LogP contribution in [0.15, 0.2) is 0 Å². The molecule has 0 aromatic heterocycles. The predicted octanol–water partition coefficient (Wildman–Crippen LogP) is 1.09. The molecule has 0 radical (unpaired) electrons. The van der Waals surface area contributed by atoms with Gasteiger partial charge in [-0.3, -0.25) is 9.69 Å². The number of piperazine rings is 1. The fourth-order valence-electron chi connectivity index (χ4n) is 2.44. The minimum atomic E-state index is -0.159. The third-order valence-corrected chi connectivity index (χ3v) is 4.05. The molecule has 1 N–H and O–H groups in total. The summed E-state index contributed by atoms with van der Waals surface area (Å²) < 4.78 is 0. The summed E-state index contributed by atoms with van der Waals surface area (Å²) in [4.78, 5) is 16.4. The minimum Gasteiger partial charge on any atom is -0.396 e. The van der Waals surface area contributed by atoms with Crippen molar-refractivity contribution >= 4 is 5.91 Å². The van der Waals surface area contributed by atoms with Crippen LogP contribution in [0.1, 0.15) is 40.5 Å². The maximum absolute atomic E-state index is 12.3. The molecular formula is C13H26N2O2. The molecule has 2 unspecified atom stereocenters. The SMILES string of the molecule is CCC(C)N1CC(C)(C)N(C)C(=O)C1CCO. The Morgan fingerprint density at radius 2 is 2.12 bits per heavy atom. The molecule has 17 heavy (non-hydrogen) atoms. The van der Waals surface area contributed by atoms with Gasteiger partial charge in [0.25, 0.3) is 0 Å². The van der Waals surface area contributed by atoms with Crippen LogP contribution < -0.4 is 0 Å². The second-order valence-corrected chi connectivity index (χ2v) is 5.67. The van der Waals surface area contributed by atoms with Gasteiger partial charge in [0.2, 0.25) is 5.91 Å². The molecule has 1 heterocycles. The van der Waals surface area contributed by atoms with Gasteiger partial charge >= 0.3 is 0 Å². The first-order valence-electron chi connectivity index (χ1n) is 6.49. The van der Waals surface area contributed by atoms with Crippen LogP contribution in [-0.4, -0.2) is 58.6 Å². The first kappa shape index (κ1) is 14.5. The van der Waals surface area contributed by atoms with Crippen LogP contribution in [0.3, 0.4) is 0 Å². The van der Waals surface area contributed by atoms with E-state index in [1.165, 1.54) is 0 Å². The molecule has 0 aromatic rings. The van der Waals surface area contributed by atoms with E-state index in [1.807, 2.05) is 11.9 Å². The highest BCUT2D eigenvalue weighted by Gasteiger charge is 2.43. The Morgan fingerprint density at radius 3 is 2.59 bits per heavy atom. The Balaban J connectivity index is 2.95. The topological polar surface area (TPSA) is 43.8 Å². The molecule has 4 nitrogen and oxygen atoms in total. The normalized spacial score (nSPS) is 27.3. The van der Waals surface area contributed by atoms with Gasteiger partial charge in [0.15, 0.2) is 0 Å². The van der Waals surface area contributed by atoms with Crippen molar-refractivity contribution < 1.29 is 9.90 Å². The third kappa shape index (κ3) is 2.80. The van der Waals surface area contributed by atoms with Gasteiger partial charge in [-0.2, -0.15) is 0 Å². The van der Waals surface area contributed by atoms with Gasteiger partial charge in [0.05, 0.1) is 6.04 Å². The minimum absolute atomic E-state index is 0.0671. The number of nitrogens with zero attached hydrogens (tertiary/aromatic N) is 2. The van der Waals surface area contributed by atoms with Gasteiger partial charge in [0.1, 0.15) is 0 Å². The van der Waals surface area contributed by atoms with Crippen LogP contribution >= 0.6 is 0 Å². The smallest absolute Gasteiger partial charge is 0.240 e. The molecule has 0 aromatic carbocycles. The van der Waals surface area contributed by atoms with Gasteiger partial charge in [0, 0.05) is 31.8 Å². The summed E-state index contributed by atoms with van der Waals surface area (Å²) in [7, 11) is 1.86. The number of carbonyl (C=O) groups is 1. The van der Waals surface area contributed by atoms with Gasteiger partial charge in [-0.25, -0.2) is 0 Å². The maximum Gasteiger partial charge on any atom is 0.240 e. The molecular weight excluding hydrogens is 216 g/mol. The summed E-state index contributed by atoms with van der Waals surface area (Å²) in [6, 6.07) is 0.219. The van der Waals surface area contributed by atoms with Gasteiger partial charge in [-0.1, -0.05) is 6.92 Å². The highest BCUT2D eigenvalue weighted by Crippen LogP contribution is 2.27. The van der Waals surface area contributed by atoms with Gasteiger partial charge < -0.3 is 10.0 Å². The van der Waals surface area contributed by atoms with Crippen molar-refractivity contribution in [2.45, 2.75) is 58.2 Å². The number of hydrogen-bond acceptors (Lipinski definition) is 3. The van der Waals surface area contributed by atoms with Crippen LogP contribution in [0.25, 0.3) is 0 Å². The van der Waals surface area contributed by atoms with Crippen LogP contribution in [-0.2, 0) is 4.79 Å². The highest BCUT2D eigenvalue weighted by atomic mass is 16.3. The second-order valence-electron chi connectivity index (χ2n) is 5.67. The summed E-state index contributed by atoms with van der Waals surface area (Å²) in [5.74, 6) is 0.135. The number of aliphatic hydroxyl groups is 1. The van der Waals surface area contributed by atoms with E-state index < -0.39 is 0 Å². The Labute approximate surface area is 105 Å². The van der Waals surface area contributed by atoms with Crippen molar-refractivity contribution in [3.63, 3.8) is 0 Å². The molecule has 0 aliphatic carbocycles. The molecule has 100 valence electrons. The predicted molar refractivity (Wildman–Crippen MR) is 68.8 cm³/mol. The second kappa shape index (κ2) is 5.36. The van der Waals surface area contributed by atoms with Crippen LogP contribution in [0.4, 0.5) is 0 Å². The molecule has 2 atom stereocenters. The van der Waals surface area contributed by atoms with E-state index in [2.05, 4.69) is 32.6 Å². The van der Waals surface area contributed by atoms with Gasteiger partial charge in [-0.15, -0.1) is 0 Å². The van der Waals surface area contributed by atoms with Crippen LogP contribution in [0, 0.1) is 0 Å². The van der Waals surface area contributed by atoms with Crippen molar-refractivity contribution in [2.24, 2.45) is 0 Å². The summed E-state index contributed by atoms with van der Waals surface area (Å²) in [5, 5.41) is 9.13. The number of amides is 1. The fraction of sp³-hybridized carbons (Fsp3) is 0.923. The lowest BCUT2D eigenvalue weighted by Gasteiger charge is -2.51. The molecule has 0 saturated carbocycles. The lowest BCUT2D eigenvalue weighted by Crippen LogP contribution is -2.66. The zero-order chi connectivity index (χ0) is 13.2. The van der Waals surface area contributed by atoms with E-state index in [9.17, 15) is 4.79 Å². The van der Waals surface area contributed by atoms with Crippen molar-refractivity contribution in [3.8, 4) is 0 Å². The van der Waals surface area contributed by atoms with E-state index in [4.69, 9.17) is 5.11 Å². The standard InChI is InChI=1S/C13H26N2O2/c1-6-10(2)15-9-13(3,4)14(5)12(17)11(15)7-8-16/h10-11,16H,6-9H2,1-5H3. The quantitative estimate of drug-likeness (QED) is 0.802. The molecule has 1 aliphatic heterocycles. The first-order chi connectivity index (χ1) is 7.85. The summed E-state index contributed by atoms with van der Waals surface area (Å²) >= 11 is 0. The fourth-order valence-corrected chi connectivity index (χ4v) is 2.44. The number of likely N-dealkylation sites (N-methyl/N-ethyl adjacent to an activating group) is 1. The van der Waals surface area contributed by atoms with E-state index in [1.54, 1.807) is 0 Å². The first-order valence-corrected chi connectivity index (χ1v) is 6.49. The van der Waals surface area contributed by atoms with Crippen molar-refractivity contribution in [3.05, 3.63) is 0 Å². The van der Waals surface area contributed by atoms with Crippen LogP contribution in [0.2, 0.25) is 0 Å². The third-order valence-electron chi connectivity index (χ3n) is 4.05.